The van der Waals surface area contributed by atoms with Gasteiger partial charge in [-0.3, -0.25) is 9.97 Å². The molecule has 0 fully saturated rings. The zero-order valence-corrected chi connectivity index (χ0v) is 29.3. The van der Waals surface area contributed by atoms with Crippen molar-refractivity contribution in [1.82, 2.24) is 40.2 Å². The van der Waals surface area contributed by atoms with Gasteiger partial charge in [0, 0.05) is 55.5 Å². The smallest absolute Gasteiger partial charge is 0.334 e. The van der Waals surface area contributed by atoms with Crippen molar-refractivity contribution in [3.8, 4) is 33.9 Å². The quantitative estimate of drug-likeness (QED) is 0.127. The van der Waals surface area contributed by atoms with Crippen LogP contribution >= 0.6 is 0 Å². The van der Waals surface area contributed by atoms with Gasteiger partial charge in [0.05, 0.1) is 22.8 Å². The van der Waals surface area contributed by atoms with Crippen molar-refractivity contribution in [1.29, 1.82) is 0 Å². The van der Waals surface area contributed by atoms with Gasteiger partial charge in [-0.05, 0) is 77.4 Å². The number of nitrogens with one attached hydrogen (secondary N) is 2. The summed E-state index contributed by atoms with van der Waals surface area (Å²) in [6.45, 7) is 0.948. The van der Waals surface area contributed by atoms with Crippen molar-refractivity contribution in [2.24, 2.45) is 5.73 Å². The molecule has 56 heavy (non-hydrogen) atoms. The molecule has 0 saturated carbocycles. The molecule has 0 aliphatic heterocycles. The molecule has 0 spiro atoms. The zero-order valence-electron chi connectivity index (χ0n) is 29.3. The van der Waals surface area contributed by atoms with E-state index in [1.807, 2.05) is 30.3 Å². The van der Waals surface area contributed by atoms with Gasteiger partial charge in [0.1, 0.15) is 11.4 Å². The first kappa shape index (κ1) is 38.9. The Labute approximate surface area is 316 Å². The molecule has 0 aliphatic carbocycles. The first-order chi connectivity index (χ1) is 26.9. The summed E-state index contributed by atoms with van der Waals surface area (Å²) in [5, 5.41) is 13.7. The van der Waals surface area contributed by atoms with Crippen molar-refractivity contribution >= 4 is 6.03 Å². The lowest BCUT2D eigenvalue weighted by atomic mass is 10.2. The molecule has 3 aromatic carbocycles. The van der Waals surface area contributed by atoms with E-state index in [0.717, 1.165) is 38.2 Å². The summed E-state index contributed by atoms with van der Waals surface area (Å²) in [5.74, 6) is 0. The van der Waals surface area contributed by atoms with Crippen molar-refractivity contribution in [2.75, 3.05) is 0 Å². The largest absolute Gasteiger partial charge is 0.433 e. The molecule has 7 aromatic rings. The lowest BCUT2D eigenvalue weighted by Gasteiger charge is -2.11. The monoisotopic (exact) mass is 769 g/mol. The number of pyridine rings is 2. The minimum atomic E-state index is -4.58. The molecule has 4 aromatic heterocycles. The predicted molar refractivity (Wildman–Crippen MR) is 197 cm³/mol. The van der Waals surface area contributed by atoms with E-state index in [4.69, 9.17) is 5.73 Å². The van der Waals surface area contributed by atoms with Gasteiger partial charge < -0.3 is 16.4 Å². The highest BCUT2D eigenvalue weighted by molar-refractivity contribution is 5.73. The van der Waals surface area contributed by atoms with E-state index < -0.39 is 23.7 Å². The van der Waals surface area contributed by atoms with Crippen molar-refractivity contribution < 1.29 is 31.1 Å². The third-order valence-corrected chi connectivity index (χ3v) is 8.26. The number of halogens is 6. The van der Waals surface area contributed by atoms with Crippen molar-refractivity contribution in [3.63, 3.8) is 0 Å². The van der Waals surface area contributed by atoms with E-state index >= 15 is 0 Å². The van der Waals surface area contributed by atoms with Crippen molar-refractivity contribution in [3.05, 3.63) is 168 Å². The normalized spacial score (nSPS) is 11.4. The molecule has 7 rings (SSSR count). The molecule has 4 N–H and O–H groups in total. The fourth-order valence-electron chi connectivity index (χ4n) is 5.42. The van der Waals surface area contributed by atoms with Crippen LogP contribution in [0.2, 0.25) is 0 Å². The fourth-order valence-corrected chi connectivity index (χ4v) is 5.42. The molecular weight excluding hydrogens is 736 g/mol. The molecule has 16 heteroatoms. The van der Waals surface area contributed by atoms with Gasteiger partial charge in [-0.25, -0.2) is 14.2 Å². The van der Waals surface area contributed by atoms with Crippen LogP contribution < -0.4 is 16.4 Å². The lowest BCUT2D eigenvalue weighted by molar-refractivity contribution is -0.143. The topological polar surface area (TPSA) is 129 Å². The summed E-state index contributed by atoms with van der Waals surface area (Å²) in [4.78, 5) is 19.9. The van der Waals surface area contributed by atoms with Crippen LogP contribution in [-0.2, 0) is 32.0 Å². The Morgan fingerprint density at radius 1 is 0.571 bits per heavy atom. The number of hydrogen-bond donors (Lipinski definition) is 3. The average Bonchev–Trinajstić information content (AvgIpc) is 3.88. The lowest BCUT2D eigenvalue weighted by Crippen LogP contribution is -2.34. The third-order valence-electron chi connectivity index (χ3n) is 8.26. The molecular formula is C40H33F6N9O. The Morgan fingerprint density at radius 2 is 1.00 bits per heavy atom. The molecule has 0 saturated heterocycles. The maximum atomic E-state index is 13.6. The zero-order chi connectivity index (χ0) is 39.7. The van der Waals surface area contributed by atoms with E-state index in [0.29, 0.717) is 29.9 Å². The molecule has 0 radical (unpaired) electrons. The van der Waals surface area contributed by atoms with E-state index in [-0.39, 0.29) is 29.7 Å². The summed E-state index contributed by atoms with van der Waals surface area (Å²) < 4.78 is 82.5. The predicted octanol–water partition coefficient (Wildman–Crippen LogP) is 8.36. The fraction of sp³-hybridized carbons (Fsp3) is 0.125. The maximum Gasteiger partial charge on any atom is 0.433 e. The van der Waals surface area contributed by atoms with E-state index in [1.165, 1.54) is 24.5 Å². The van der Waals surface area contributed by atoms with Gasteiger partial charge in [-0.1, -0.05) is 54.6 Å². The average molecular weight is 770 g/mol. The molecule has 0 unspecified atom stereocenters. The molecule has 286 valence electrons. The number of carbonyl (C=O) groups is 1. The van der Waals surface area contributed by atoms with Crippen LogP contribution in [0.25, 0.3) is 33.9 Å². The second-order valence-corrected chi connectivity index (χ2v) is 12.2. The van der Waals surface area contributed by atoms with Gasteiger partial charge in [0.2, 0.25) is 0 Å². The van der Waals surface area contributed by atoms with Crippen LogP contribution in [0.3, 0.4) is 0 Å². The molecule has 4 heterocycles. The van der Waals surface area contributed by atoms with Crippen LogP contribution in [0.5, 0.6) is 0 Å². The number of benzene rings is 3. The Morgan fingerprint density at radius 3 is 1.39 bits per heavy atom. The Hall–Kier alpha value is -6.81. The molecule has 0 bridgehead atoms. The second kappa shape index (κ2) is 17.1. The SMILES string of the molecule is NCc1ccc(-n2nc(-c3cccnc3)cc2C(F)(F)F)cc1.O=C(NCc1ccccc1)NCc1ccc(-n2nc(-c3cccnc3)cc2C(F)(F)F)cc1. The highest BCUT2D eigenvalue weighted by Gasteiger charge is 2.37. The number of alkyl halides is 6. The molecule has 0 aliphatic rings. The minimum Gasteiger partial charge on any atom is -0.334 e. The van der Waals surface area contributed by atoms with Crippen LogP contribution in [0, 0.1) is 0 Å². The Balaban J connectivity index is 0.000000202. The Kier molecular flexibility index (Phi) is 11.9. The summed E-state index contributed by atoms with van der Waals surface area (Å²) in [5.41, 5.74) is 8.33. The van der Waals surface area contributed by atoms with Crippen LogP contribution in [-0.4, -0.2) is 35.6 Å². The van der Waals surface area contributed by atoms with Gasteiger partial charge in [-0.2, -0.15) is 36.5 Å². The number of nitrogens with two attached hydrogens (primary N) is 1. The summed E-state index contributed by atoms with van der Waals surface area (Å²) in [6.07, 6.45) is -3.06. The summed E-state index contributed by atoms with van der Waals surface area (Å²) in [7, 11) is 0. The van der Waals surface area contributed by atoms with Gasteiger partial charge in [-0.15, -0.1) is 0 Å². The second-order valence-electron chi connectivity index (χ2n) is 12.2. The number of urea groups is 1. The third kappa shape index (κ3) is 9.83. The van der Waals surface area contributed by atoms with Crippen LogP contribution in [0.4, 0.5) is 31.1 Å². The highest BCUT2D eigenvalue weighted by Crippen LogP contribution is 2.35. The molecule has 0 atom stereocenters. The summed E-state index contributed by atoms with van der Waals surface area (Å²) >= 11 is 0. The number of aromatic nitrogens is 6. The maximum absolute atomic E-state index is 13.6. The van der Waals surface area contributed by atoms with E-state index in [1.54, 1.807) is 73.1 Å². The van der Waals surface area contributed by atoms with Gasteiger partial charge in [0.15, 0.2) is 0 Å². The highest BCUT2D eigenvalue weighted by atomic mass is 19.4. The standard InChI is InChI=1S/C24H20F3N5O.C16H13F3N4/c25-24(26,27)22-13-21(19-7-4-12-28-16-19)31-32(22)20-10-8-18(9-11-20)15-30-23(33)29-14-17-5-2-1-3-6-17;17-16(18,19)15-8-14(12-2-1-7-21-10-12)22-23(15)13-5-3-11(9-20)4-6-13/h1-13,16H,14-15H2,(H2,29,30,33);1-8,10H,9,20H2. The number of nitrogens with zero attached hydrogens (tertiary/aromatic N) is 6. The van der Waals surface area contributed by atoms with Gasteiger partial charge >= 0.3 is 18.4 Å². The number of carbonyl (C=O) groups excluding carboxylic acids is 1. The van der Waals surface area contributed by atoms with E-state index in [9.17, 15) is 31.1 Å². The number of rotatable bonds is 9. The first-order valence-corrected chi connectivity index (χ1v) is 17.0. The summed E-state index contributed by atoms with van der Waals surface area (Å²) in [6, 6.07) is 30.6. The minimum absolute atomic E-state index is 0.177. The number of amides is 2. The number of hydrogen-bond acceptors (Lipinski definition) is 6. The molecule has 10 nitrogen and oxygen atoms in total. The van der Waals surface area contributed by atoms with E-state index in [2.05, 4.69) is 30.8 Å². The first-order valence-electron chi connectivity index (χ1n) is 17.0. The Bertz CT molecular complexity index is 2330. The van der Waals surface area contributed by atoms with Gasteiger partial charge in [0.25, 0.3) is 0 Å². The van der Waals surface area contributed by atoms with Crippen LogP contribution in [0.15, 0.2) is 140 Å². The molecule has 2 amide bonds. The van der Waals surface area contributed by atoms with Crippen LogP contribution in [0.1, 0.15) is 28.1 Å². The van der Waals surface area contributed by atoms with Crippen molar-refractivity contribution in [2.45, 2.75) is 32.0 Å².